The first kappa shape index (κ1) is 126. The molecule has 146 heavy (non-hydrogen) atoms. The van der Waals surface area contributed by atoms with Crippen molar-refractivity contribution in [3.8, 4) is 11.5 Å². The summed E-state index contributed by atoms with van der Waals surface area (Å²) in [4.78, 5) is 54.8. The molecule has 6 fully saturated rings. The van der Waals surface area contributed by atoms with E-state index in [2.05, 4.69) is 31.2 Å². The zero-order valence-electron chi connectivity index (χ0n) is 86.6. The van der Waals surface area contributed by atoms with Gasteiger partial charge < -0.3 is 106 Å². The number of carbonyl (C=O) groups is 5. The molecule has 10 rings (SSSR count). The van der Waals surface area contributed by atoms with Crippen LogP contribution < -0.4 is 9.47 Å². The summed E-state index contributed by atoms with van der Waals surface area (Å²) in [6.07, 6.45) is 43.5. The van der Waals surface area contributed by atoms with E-state index in [0.29, 0.717) is 140 Å². The Morgan fingerprint density at radius 2 is 0.938 bits per heavy atom. The largest absolute Gasteiger partial charge is 0.491 e. The predicted octanol–water partition coefficient (Wildman–Crippen LogP) is 17.7. The van der Waals surface area contributed by atoms with Crippen molar-refractivity contribution in [1.29, 1.82) is 0 Å². The third-order valence-corrected chi connectivity index (χ3v) is 29.8. The van der Waals surface area contributed by atoms with Crippen LogP contribution in [0.1, 0.15) is 276 Å². The lowest BCUT2D eigenvalue weighted by molar-refractivity contribution is -0.147. The van der Waals surface area contributed by atoms with Gasteiger partial charge in [-0.3, -0.25) is 24.0 Å². The molecule has 17 N–H and O–H groups in total. The van der Waals surface area contributed by atoms with E-state index in [1.54, 1.807) is 24.3 Å². The van der Waals surface area contributed by atoms with Gasteiger partial charge in [-0.15, -0.1) is 0 Å². The van der Waals surface area contributed by atoms with Gasteiger partial charge in [0.1, 0.15) is 36.7 Å². The number of allylic oxidation sites excluding steroid dienone is 6. The number of aryl methyl sites for hydroxylation is 3. The monoisotopic (exact) mass is 2070 g/mol. The highest BCUT2D eigenvalue weighted by atomic mass is 32.2. The topological polar surface area (TPSA) is 466 Å². The highest BCUT2D eigenvalue weighted by Gasteiger charge is 2.46. The third kappa shape index (κ3) is 51.1. The molecule has 818 valence electrons. The Labute approximate surface area is 869 Å². The zero-order valence-corrected chi connectivity index (χ0v) is 87.4. The number of carboxylic acids is 3. The molecule has 6 aliphatic rings. The summed E-state index contributed by atoms with van der Waals surface area (Å²) in [5, 5.41) is 170. The summed E-state index contributed by atoms with van der Waals surface area (Å²) in [6, 6.07) is 30.6. The Hall–Kier alpha value is -8.18. The van der Waals surface area contributed by atoms with Crippen LogP contribution in [0.4, 0.5) is 8.78 Å². The van der Waals surface area contributed by atoms with Crippen LogP contribution in [0, 0.1) is 77.7 Å². The van der Waals surface area contributed by atoms with Crippen molar-refractivity contribution in [3.63, 3.8) is 0 Å². The molecule has 4 aromatic rings. The maximum absolute atomic E-state index is 13.7. The molecule has 29 heteroatoms. The number of ether oxygens (including phenoxy) is 4. The first-order valence-electron chi connectivity index (χ1n) is 53.7. The number of benzene rings is 4. The Morgan fingerprint density at radius 3 is 1.48 bits per heavy atom. The fourth-order valence-electron chi connectivity index (χ4n) is 20.1. The number of fused-ring (bicyclic) bond motifs is 1. The average Bonchev–Trinajstić information content (AvgIpc) is 1.71. The standard InChI is InChI=1S/C26H36F2O6.C26H38O4.C23H34O5.C22H32O6S.C20H34O5/c1-16(2)34-26(31)5-3-4-17-6-9-21-20(23(30)13-24(21)32-14-17)10-8-19(29)15-33-25-12-18(27)7-11-22(25)28;1-2-10-21(27)13-8-3-4-9-14-23-24(26(30)19-25(23)29)18-17-22(28)16-15-20-11-6-5-7-12-20;24-18(13-12-17-8-4-3-5-9-17)14-15-20-19(21(25)16-22(20)26)10-6-1-2-7-11-23(27)28;1-15-7-6-8-17(11-15)28-13-16(23)14-29-22-18(19(24)12-20(22)25)9-4-2-3-5-10-21(26)27;1-2-3-6-9-15(21)12-13-17-16(18(22)14-19(17)23)10-7-4-5-8-11-20(24)25/h7-8,10-12,16-17,19-21,23-24,29-30H,3-6,9,13-15H2,1-2H3;4-7,9,11-12,17-18,22-26,28-30H,2-3,8,10,13-16,19H2,1H3;3-5,8-9,14-15,18-22,24-26H,1-2,6-7,10-13,16H2,(H,27,28);2,4,6-8,11,16,18-20,22-25H,3,5,9-10,12-14H2,1H3,(H,26,27);4,7,12-13,15-19,21-23H,2-3,5-6,8-11,14H2,1H3,(H,24,25)/b10-8+;9-4-,18-17+;15-14+;4-2-;7-4-,13-12+/t17-,19+,20+,21+,23+,24-;22-,23+,24+,25-,26+;18-,19+,20+,21-,22+;16-,18-,19-,20+,22+;15-,16+,17+,18-,19+/m10000/s1. The minimum atomic E-state index is -1.03. The molecule has 0 radical (unpaired) electrons. The first-order chi connectivity index (χ1) is 70.0. The van der Waals surface area contributed by atoms with Gasteiger partial charge in [0.05, 0.1) is 91.6 Å². The minimum Gasteiger partial charge on any atom is -0.491 e. The maximum atomic E-state index is 13.7. The number of carbonyl (C=O) groups excluding carboxylic acids is 2. The van der Waals surface area contributed by atoms with Crippen LogP contribution in [0.5, 0.6) is 11.5 Å². The van der Waals surface area contributed by atoms with Crippen LogP contribution in [0.25, 0.3) is 0 Å². The quantitative estimate of drug-likeness (QED) is 0.0111. The Bertz CT molecular complexity index is 4480. The van der Waals surface area contributed by atoms with E-state index in [1.165, 1.54) is 29.0 Å². The maximum Gasteiger partial charge on any atom is 0.306 e. The number of thioether (sulfide) groups is 1. The van der Waals surface area contributed by atoms with E-state index >= 15 is 0 Å². The molecule has 1 aliphatic heterocycles. The lowest BCUT2D eigenvalue weighted by atomic mass is 9.86. The first-order valence-corrected chi connectivity index (χ1v) is 54.7. The normalized spacial score (nSPS) is 26.6. The van der Waals surface area contributed by atoms with Crippen LogP contribution in [0.3, 0.4) is 0 Å². The van der Waals surface area contributed by atoms with Gasteiger partial charge in [-0.1, -0.05) is 210 Å². The lowest BCUT2D eigenvalue weighted by Crippen LogP contribution is -2.28. The number of hydrogen-bond acceptors (Lipinski definition) is 24. The summed E-state index contributed by atoms with van der Waals surface area (Å²) in [5.41, 5.74) is 3.47. The molecule has 0 bridgehead atoms. The smallest absolute Gasteiger partial charge is 0.306 e. The molecule has 0 unspecified atom stereocenters. The van der Waals surface area contributed by atoms with Crippen molar-refractivity contribution in [2.24, 2.45) is 59.2 Å². The summed E-state index contributed by atoms with van der Waals surface area (Å²) in [7, 11) is 0. The van der Waals surface area contributed by atoms with Gasteiger partial charge in [0.2, 0.25) is 0 Å². The van der Waals surface area contributed by atoms with Crippen LogP contribution in [0.15, 0.2) is 188 Å². The molecule has 26 atom stereocenters. The summed E-state index contributed by atoms with van der Waals surface area (Å²) >= 11 is 1.47. The van der Waals surface area contributed by atoms with Gasteiger partial charge in [-0.25, -0.2) is 8.78 Å². The summed E-state index contributed by atoms with van der Waals surface area (Å²) in [5.74, 6) is -2.94. The molecule has 5 aliphatic carbocycles. The molecule has 1 heterocycles. The number of halogens is 2. The number of aliphatic hydroxyl groups excluding tert-OH is 14. The van der Waals surface area contributed by atoms with Gasteiger partial charge in [-0.05, 0) is 226 Å². The number of rotatable bonds is 59. The highest BCUT2D eigenvalue weighted by Crippen LogP contribution is 2.45. The van der Waals surface area contributed by atoms with E-state index in [0.717, 1.165) is 139 Å². The predicted molar refractivity (Wildman–Crippen MR) is 564 cm³/mol. The second-order valence-corrected chi connectivity index (χ2v) is 41.9. The van der Waals surface area contributed by atoms with Gasteiger partial charge in [0.25, 0.3) is 0 Å². The molecule has 0 amide bonds. The molecule has 4 aromatic carbocycles. The number of unbranched alkanes of at least 4 members (excludes halogenated alkanes) is 8. The van der Waals surface area contributed by atoms with Crippen molar-refractivity contribution >= 4 is 41.4 Å². The van der Waals surface area contributed by atoms with Crippen molar-refractivity contribution in [2.75, 3.05) is 25.6 Å². The van der Waals surface area contributed by atoms with E-state index < -0.39 is 115 Å². The molecule has 1 saturated heterocycles. The minimum absolute atomic E-state index is 0.00736. The van der Waals surface area contributed by atoms with Crippen molar-refractivity contribution < 1.29 is 139 Å². The van der Waals surface area contributed by atoms with E-state index in [9.17, 15) is 104 Å². The third-order valence-electron chi connectivity index (χ3n) is 28.2. The number of Topliss-reactive ketones (excluding diaryl/α,β-unsaturated/α-hetero) is 1. The van der Waals surface area contributed by atoms with Gasteiger partial charge in [0.15, 0.2) is 11.6 Å². The highest BCUT2D eigenvalue weighted by molar-refractivity contribution is 8.00. The van der Waals surface area contributed by atoms with Crippen LogP contribution in [-0.2, 0) is 46.3 Å². The fraction of sp³-hybridized carbons (Fsp3) is 0.632. The molecular weight excluding hydrogens is 1890 g/mol. The van der Waals surface area contributed by atoms with E-state index in [4.69, 9.17) is 34.3 Å². The SMILES string of the molecule is CC(C)OC(=O)CCC[C@@H]1CC[C@H]2[C@H](/C=C/[C@H](O)COc3cc(F)ccc3F)[C@@H](O)C[C@H]2OC1.CCCC(=O)CCC/C=C\C[C@@H]1[C@@H](/C=C/[C@@H](O)CCc2ccccc2)[C@H](O)C[C@@H]1O.CCCCC[C@H](O)/C=C/[C@@H]1[C@@H](C/C=C\CCCC(=O)O)[C@@H](O)C[C@H]1O.Cc1cccc(OC[C@H](O)CS[C@@H]2[C@@H](C/C=C\CCCC(=O)O)[C@@H](O)C[C@H]2O)c1.O=C(O)CCCCCC[C@@H]1[C@@H](/C=C/[C@@H](O)CCc2ccccc2)[C@H](O)C[C@@H]1O. The molecule has 0 spiro atoms. The van der Waals surface area contributed by atoms with Gasteiger partial charge in [0, 0.05) is 124 Å². The van der Waals surface area contributed by atoms with Crippen molar-refractivity contribution in [3.05, 3.63) is 217 Å². The molecule has 0 aromatic heterocycles. The fourth-order valence-corrected chi connectivity index (χ4v) is 21.5. The van der Waals surface area contributed by atoms with E-state index in [-0.39, 0.29) is 115 Å². The zero-order chi connectivity index (χ0) is 107. The molecule has 26 nitrogen and oxygen atoms in total. The Morgan fingerprint density at radius 1 is 0.445 bits per heavy atom. The van der Waals surface area contributed by atoms with Crippen molar-refractivity contribution in [2.45, 2.75) is 382 Å². The van der Waals surface area contributed by atoms with Gasteiger partial charge >= 0.3 is 23.9 Å². The summed E-state index contributed by atoms with van der Waals surface area (Å²) < 4.78 is 49.1. The number of aliphatic carboxylic acids is 3. The van der Waals surface area contributed by atoms with Gasteiger partial charge in [-0.2, -0.15) is 11.8 Å². The number of ketones is 1. The van der Waals surface area contributed by atoms with Crippen LogP contribution in [0.2, 0.25) is 0 Å². The number of esters is 1. The lowest BCUT2D eigenvalue weighted by Gasteiger charge is -2.23. The molecular formula is C117H174F2O26S. The summed E-state index contributed by atoms with van der Waals surface area (Å²) in [6.45, 7) is 10.4. The Kier molecular flexibility index (Phi) is 62.6. The number of hydrogen-bond donors (Lipinski definition) is 17. The second-order valence-electron chi connectivity index (χ2n) is 40.7. The molecule has 5 saturated carbocycles. The number of carboxylic acid groups (broad SMARTS) is 3. The average molecular weight is 2070 g/mol. The van der Waals surface area contributed by atoms with Crippen molar-refractivity contribution in [1.82, 2.24) is 0 Å². The van der Waals surface area contributed by atoms with Crippen LogP contribution >= 0.6 is 11.8 Å². The van der Waals surface area contributed by atoms with E-state index in [1.807, 2.05) is 143 Å². The number of aliphatic hydroxyl groups is 14. The Balaban J connectivity index is 0.000000280. The van der Waals surface area contributed by atoms with Crippen LogP contribution in [-0.4, -0.2) is 245 Å². The second kappa shape index (κ2) is 72.3.